The Bertz CT molecular complexity index is 484. The van der Waals surface area contributed by atoms with Crippen molar-refractivity contribution in [1.82, 2.24) is 15.1 Å². The fourth-order valence-corrected chi connectivity index (χ4v) is 2.91. The molecule has 0 aliphatic carbocycles. The second-order valence-electron chi connectivity index (χ2n) is 6.81. The number of hydrogen-bond acceptors (Lipinski definition) is 3. The zero-order valence-corrected chi connectivity index (χ0v) is 14.0. The largest absolute Gasteiger partial charge is 0.378 e. The van der Waals surface area contributed by atoms with Gasteiger partial charge in [-0.2, -0.15) is 5.10 Å². The van der Waals surface area contributed by atoms with Gasteiger partial charge in [-0.25, -0.2) is 4.79 Å². The molecule has 2 heterocycles. The minimum absolute atomic E-state index is 0.182. The molecule has 1 aliphatic heterocycles. The molecule has 6 heteroatoms. The van der Waals surface area contributed by atoms with Crippen molar-refractivity contribution in [3.8, 4) is 0 Å². The van der Waals surface area contributed by atoms with Crippen LogP contribution in [0.15, 0.2) is 12.4 Å². The topological polar surface area (TPSA) is 68.2 Å². The predicted molar refractivity (Wildman–Crippen MR) is 86.8 cm³/mol. The first-order valence-corrected chi connectivity index (χ1v) is 8.14. The first-order chi connectivity index (χ1) is 10.5. The van der Waals surface area contributed by atoms with Crippen LogP contribution in [0.2, 0.25) is 0 Å². The summed E-state index contributed by atoms with van der Waals surface area (Å²) in [6.45, 7) is 10.9. The molecule has 2 amide bonds. The number of hydrogen-bond donors (Lipinski definition) is 2. The van der Waals surface area contributed by atoms with Crippen molar-refractivity contribution in [2.75, 3.05) is 18.5 Å². The monoisotopic (exact) mass is 308 g/mol. The number of carbonyl (C=O) groups is 1. The lowest BCUT2D eigenvalue weighted by Gasteiger charge is -2.22. The molecule has 1 aromatic rings. The van der Waals surface area contributed by atoms with E-state index in [1.165, 1.54) is 0 Å². The average Bonchev–Trinajstić information content (AvgIpc) is 3.05. The highest BCUT2D eigenvalue weighted by atomic mass is 16.5. The summed E-state index contributed by atoms with van der Waals surface area (Å²) in [6.07, 6.45) is 4.79. The van der Waals surface area contributed by atoms with E-state index in [9.17, 15) is 4.79 Å². The number of amides is 2. The van der Waals surface area contributed by atoms with Crippen molar-refractivity contribution < 1.29 is 9.53 Å². The highest BCUT2D eigenvalue weighted by Crippen LogP contribution is 2.26. The molecular weight excluding hydrogens is 280 g/mol. The Kier molecular flexibility index (Phi) is 5.83. The zero-order valence-electron chi connectivity index (χ0n) is 14.0. The van der Waals surface area contributed by atoms with Crippen LogP contribution in [-0.2, 0) is 11.3 Å². The van der Waals surface area contributed by atoms with Crippen LogP contribution in [0.25, 0.3) is 0 Å². The van der Waals surface area contributed by atoms with Gasteiger partial charge in [0.05, 0.1) is 18.0 Å². The fraction of sp³-hybridized carbons (Fsp3) is 0.750. The smallest absolute Gasteiger partial charge is 0.319 e. The molecule has 6 nitrogen and oxygen atoms in total. The van der Waals surface area contributed by atoms with E-state index in [4.69, 9.17) is 4.74 Å². The minimum Gasteiger partial charge on any atom is -0.378 e. The molecule has 1 saturated heterocycles. The van der Waals surface area contributed by atoms with E-state index in [0.717, 1.165) is 25.3 Å². The summed E-state index contributed by atoms with van der Waals surface area (Å²) in [7, 11) is 0. The standard InChI is InChI=1S/C16H28N4O2/c1-11(2)9-20-10-14(8-18-20)19-16(21)17-7-13-5-6-22-15(13)12(3)4/h8,10-13,15H,5-7,9H2,1-4H3,(H2,17,19,21)/t13-,15-/m1/s1. The lowest BCUT2D eigenvalue weighted by Crippen LogP contribution is -2.37. The van der Waals surface area contributed by atoms with E-state index in [2.05, 4.69) is 43.4 Å². The Balaban J connectivity index is 1.77. The Morgan fingerprint density at radius 1 is 1.45 bits per heavy atom. The van der Waals surface area contributed by atoms with E-state index in [1.807, 2.05) is 10.9 Å². The lowest BCUT2D eigenvalue weighted by molar-refractivity contribution is 0.0546. The van der Waals surface area contributed by atoms with E-state index >= 15 is 0 Å². The molecule has 1 fully saturated rings. The third-order valence-corrected chi connectivity index (χ3v) is 3.89. The summed E-state index contributed by atoms with van der Waals surface area (Å²) in [6, 6.07) is -0.182. The van der Waals surface area contributed by atoms with Gasteiger partial charge in [0.2, 0.25) is 0 Å². The molecular formula is C16H28N4O2. The number of ether oxygens (including phenoxy) is 1. The number of anilines is 1. The maximum absolute atomic E-state index is 12.0. The highest BCUT2D eigenvalue weighted by Gasteiger charge is 2.30. The van der Waals surface area contributed by atoms with E-state index in [0.29, 0.717) is 24.3 Å². The van der Waals surface area contributed by atoms with Crippen LogP contribution < -0.4 is 10.6 Å². The number of nitrogens with zero attached hydrogens (tertiary/aromatic N) is 2. The Hall–Kier alpha value is -1.56. The van der Waals surface area contributed by atoms with Gasteiger partial charge < -0.3 is 15.4 Å². The molecule has 0 bridgehead atoms. The number of aromatic nitrogens is 2. The van der Waals surface area contributed by atoms with Gasteiger partial charge >= 0.3 is 6.03 Å². The summed E-state index contributed by atoms with van der Waals surface area (Å²) in [5.74, 6) is 1.40. The van der Waals surface area contributed by atoms with Gasteiger partial charge in [0.1, 0.15) is 0 Å². The van der Waals surface area contributed by atoms with Crippen LogP contribution >= 0.6 is 0 Å². The summed E-state index contributed by atoms with van der Waals surface area (Å²) >= 11 is 0. The maximum Gasteiger partial charge on any atom is 0.319 e. The van der Waals surface area contributed by atoms with Crippen LogP contribution in [0.1, 0.15) is 34.1 Å². The quantitative estimate of drug-likeness (QED) is 0.849. The zero-order chi connectivity index (χ0) is 16.1. The molecule has 0 saturated carbocycles. The molecule has 0 aromatic carbocycles. The molecule has 0 spiro atoms. The number of urea groups is 1. The van der Waals surface area contributed by atoms with Gasteiger partial charge in [0.15, 0.2) is 0 Å². The van der Waals surface area contributed by atoms with Crippen molar-refractivity contribution in [2.24, 2.45) is 17.8 Å². The van der Waals surface area contributed by atoms with Crippen LogP contribution in [0.5, 0.6) is 0 Å². The van der Waals surface area contributed by atoms with Crippen molar-refractivity contribution in [3.63, 3.8) is 0 Å². The normalized spacial score (nSPS) is 21.5. The number of rotatable bonds is 6. The fourth-order valence-electron chi connectivity index (χ4n) is 2.91. The minimum atomic E-state index is -0.182. The molecule has 124 valence electrons. The van der Waals surface area contributed by atoms with Gasteiger partial charge in [-0.1, -0.05) is 27.7 Å². The molecule has 0 unspecified atom stereocenters. The van der Waals surface area contributed by atoms with Crippen LogP contribution in [0, 0.1) is 17.8 Å². The van der Waals surface area contributed by atoms with Crippen molar-refractivity contribution in [3.05, 3.63) is 12.4 Å². The van der Waals surface area contributed by atoms with Crippen molar-refractivity contribution in [2.45, 2.75) is 46.8 Å². The third kappa shape index (κ3) is 4.73. The molecule has 0 radical (unpaired) electrons. The first-order valence-electron chi connectivity index (χ1n) is 8.14. The Morgan fingerprint density at radius 3 is 2.91 bits per heavy atom. The van der Waals surface area contributed by atoms with E-state index in [-0.39, 0.29) is 12.1 Å². The van der Waals surface area contributed by atoms with Gasteiger partial charge in [-0.3, -0.25) is 4.68 Å². The lowest BCUT2D eigenvalue weighted by atomic mass is 9.93. The third-order valence-electron chi connectivity index (χ3n) is 3.89. The van der Waals surface area contributed by atoms with Crippen molar-refractivity contribution >= 4 is 11.7 Å². The van der Waals surface area contributed by atoms with Crippen LogP contribution in [-0.4, -0.2) is 35.1 Å². The molecule has 2 atom stereocenters. The second-order valence-corrected chi connectivity index (χ2v) is 6.81. The predicted octanol–water partition coefficient (Wildman–Crippen LogP) is 2.72. The summed E-state index contributed by atoms with van der Waals surface area (Å²) in [4.78, 5) is 12.0. The molecule has 2 N–H and O–H groups in total. The SMILES string of the molecule is CC(C)Cn1cc(NC(=O)NC[C@H]2CCO[C@@H]2C(C)C)cn1. The molecule has 1 aliphatic rings. The van der Waals surface area contributed by atoms with Crippen LogP contribution in [0.3, 0.4) is 0 Å². The molecule has 1 aromatic heterocycles. The summed E-state index contributed by atoms with van der Waals surface area (Å²) in [5, 5.41) is 10.0. The maximum atomic E-state index is 12.0. The summed E-state index contributed by atoms with van der Waals surface area (Å²) < 4.78 is 7.58. The van der Waals surface area contributed by atoms with Gasteiger partial charge in [-0.15, -0.1) is 0 Å². The number of carbonyl (C=O) groups excluding carboxylic acids is 1. The van der Waals surface area contributed by atoms with Gasteiger partial charge in [0.25, 0.3) is 0 Å². The van der Waals surface area contributed by atoms with Crippen molar-refractivity contribution in [1.29, 1.82) is 0 Å². The highest BCUT2D eigenvalue weighted by molar-refractivity contribution is 5.88. The average molecular weight is 308 g/mol. The van der Waals surface area contributed by atoms with E-state index < -0.39 is 0 Å². The Morgan fingerprint density at radius 2 is 2.23 bits per heavy atom. The van der Waals surface area contributed by atoms with E-state index in [1.54, 1.807) is 6.20 Å². The molecule has 22 heavy (non-hydrogen) atoms. The number of nitrogens with one attached hydrogen (secondary N) is 2. The Labute approximate surface area is 132 Å². The second kappa shape index (κ2) is 7.63. The van der Waals surface area contributed by atoms with Gasteiger partial charge in [0, 0.05) is 31.8 Å². The first kappa shape index (κ1) is 16.8. The summed E-state index contributed by atoms with van der Waals surface area (Å²) in [5.41, 5.74) is 0.723. The molecule has 2 rings (SSSR count). The van der Waals surface area contributed by atoms with Crippen LogP contribution in [0.4, 0.5) is 10.5 Å². The van der Waals surface area contributed by atoms with Gasteiger partial charge in [-0.05, 0) is 18.3 Å².